The highest BCUT2D eigenvalue weighted by Crippen LogP contribution is 2.26. The van der Waals surface area contributed by atoms with Crippen LogP contribution in [0.5, 0.6) is 0 Å². The van der Waals surface area contributed by atoms with Crippen LogP contribution in [0.1, 0.15) is 5.56 Å². The zero-order valence-corrected chi connectivity index (χ0v) is 13.4. The van der Waals surface area contributed by atoms with Crippen LogP contribution in [0.2, 0.25) is 0 Å². The molecule has 1 heterocycles. The zero-order chi connectivity index (χ0) is 17.6. The van der Waals surface area contributed by atoms with E-state index in [1.54, 1.807) is 0 Å². The van der Waals surface area contributed by atoms with Gasteiger partial charge in [-0.2, -0.15) is 0 Å². The lowest BCUT2D eigenvalue weighted by Crippen LogP contribution is -2.16. The van der Waals surface area contributed by atoms with Crippen LogP contribution in [0.15, 0.2) is 44.4 Å². The van der Waals surface area contributed by atoms with Gasteiger partial charge in [0.2, 0.25) is 0 Å². The van der Waals surface area contributed by atoms with E-state index in [1.807, 2.05) is 4.72 Å². The van der Waals surface area contributed by atoms with E-state index in [-0.39, 0.29) is 10.5 Å². The van der Waals surface area contributed by atoms with Crippen LogP contribution in [0, 0.1) is 18.6 Å². The highest BCUT2D eigenvalue weighted by molar-refractivity contribution is 7.92. The molecule has 0 atom stereocenters. The van der Waals surface area contributed by atoms with Crippen molar-refractivity contribution in [1.29, 1.82) is 0 Å². The smallest absolute Gasteiger partial charge is 0.408 e. The van der Waals surface area contributed by atoms with Crippen molar-refractivity contribution in [2.75, 3.05) is 4.72 Å². The topological polar surface area (TPSA) is 81.3 Å². The highest BCUT2D eigenvalue weighted by Gasteiger charge is 2.23. The van der Waals surface area contributed by atoms with E-state index < -0.39 is 33.1 Å². The Labute approximate surface area is 135 Å². The quantitative estimate of drug-likeness (QED) is 0.784. The van der Waals surface area contributed by atoms with Crippen LogP contribution in [0.3, 0.4) is 0 Å². The fraction of sp³-hybridized carbons (Fsp3) is 0.133. The molecule has 0 aliphatic carbocycles. The standard InChI is InChI=1S/C15H12F2N2O4S/c1-8-6-11-12(23-15(20)19(11)2)7-13(8)24(21,22)18-14-9(16)4-3-5-10(14)17/h3-7,18H,1-2H3. The summed E-state index contributed by atoms with van der Waals surface area (Å²) in [5.41, 5.74) is -0.00865. The van der Waals surface area contributed by atoms with E-state index >= 15 is 0 Å². The van der Waals surface area contributed by atoms with Crippen molar-refractivity contribution in [3.63, 3.8) is 0 Å². The maximum Gasteiger partial charge on any atom is 0.419 e. The zero-order valence-electron chi connectivity index (χ0n) is 12.6. The number of oxazole rings is 1. The van der Waals surface area contributed by atoms with Crippen LogP contribution in [-0.2, 0) is 17.1 Å². The third-order valence-electron chi connectivity index (χ3n) is 3.58. The first-order valence-corrected chi connectivity index (χ1v) is 8.26. The highest BCUT2D eigenvalue weighted by atomic mass is 32.2. The Morgan fingerprint density at radius 2 is 1.79 bits per heavy atom. The third-order valence-corrected chi connectivity index (χ3v) is 5.07. The van der Waals surface area contributed by atoms with Gasteiger partial charge in [0.05, 0.1) is 10.4 Å². The predicted octanol–water partition coefficient (Wildman–Crippen LogP) is 2.52. The lowest BCUT2D eigenvalue weighted by molar-refractivity contribution is 0.527. The SMILES string of the molecule is Cc1cc2c(cc1S(=O)(=O)Nc1c(F)cccc1F)oc(=O)n2C. The summed E-state index contributed by atoms with van der Waals surface area (Å²) in [4.78, 5) is 11.3. The van der Waals surface area contributed by atoms with Crippen molar-refractivity contribution in [1.82, 2.24) is 4.57 Å². The average Bonchev–Trinajstić information content (AvgIpc) is 2.77. The van der Waals surface area contributed by atoms with Gasteiger partial charge in [0.1, 0.15) is 17.3 Å². The van der Waals surface area contributed by atoms with Crippen molar-refractivity contribution in [3.05, 3.63) is 58.1 Å². The average molecular weight is 354 g/mol. The number of nitrogens with zero attached hydrogens (tertiary/aromatic N) is 1. The summed E-state index contributed by atoms with van der Waals surface area (Å²) in [5.74, 6) is -2.72. The molecule has 3 aromatic rings. The van der Waals surface area contributed by atoms with Gasteiger partial charge in [0.15, 0.2) is 5.58 Å². The first kappa shape index (κ1) is 16.2. The molecule has 0 aliphatic heterocycles. The number of rotatable bonds is 3. The molecule has 24 heavy (non-hydrogen) atoms. The number of sulfonamides is 1. The molecule has 0 spiro atoms. The molecule has 0 bridgehead atoms. The van der Waals surface area contributed by atoms with E-state index in [9.17, 15) is 22.0 Å². The van der Waals surface area contributed by atoms with E-state index in [0.717, 1.165) is 24.3 Å². The van der Waals surface area contributed by atoms with Gasteiger partial charge in [0.25, 0.3) is 10.0 Å². The summed E-state index contributed by atoms with van der Waals surface area (Å²) in [7, 11) is -2.80. The number of hydrogen-bond acceptors (Lipinski definition) is 4. The molecule has 3 rings (SSSR count). The molecule has 0 radical (unpaired) electrons. The molecule has 0 saturated heterocycles. The van der Waals surface area contributed by atoms with Crippen LogP contribution in [-0.4, -0.2) is 13.0 Å². The number of nitrogens with one attached hydrogen (secondary N) is 1. The normalized spacial score (nSPS) is 11.8. The van der Waals surface area contributed by atoms with E-state index in [1.165, 1.54) is 24.6 Å². The summed E-state index contributed by atoms with van der Waals surface area (Å²) in [6, 6.07) is 5.60. The summed E-state index contributed by atoms with van der Waals surface area (Å²) in [6.07, 6.45) is 0. The van der Waals surface area contributed by atoms with Crippen LogP contribution >= 0.6 is 0 Å². The number of anilines is 1. The number of aryl methyl sites for hydroxylation is 2. The Morgan fingerprint density at radius 3 is 2.42 bits per heavy atom. The fourth-order valence-corrected chi connectivity index (χ4v) is 3.65. The Bertz CT molecular complexity index is 1100. The summed E-state index contributed by atoms with van der Waals surface area (Å²) in [6.45, 7) is 1.50. The summed E-state index contributed by atoms with van der Waals surface area (Å²) < 4.78 is 60.4. The van der Waals surface area contributed by atoms with E-state index in [2.05, 4.69) is 0 Å². The van der Waals surface area contributed by atoms with Gasteiger partial charge >= 0.3 is 5.76 Å². The summed E-state index contributed by atoms with van der Waals surface area (Å²) in [5, 5.41) is 0. The number of halogens is 2. The largest absolute Gasteiger partial charge is 0.419 e. The molecule has 126 valence electrons. The van der Waals surface area contributed by atoms with Gasteiger partial charge in [-0.15, -0.1) is 0 Å². The molecule has 0 amide bonds. The molecule has 0 saturated carbocycles. The Hall–Kier alpha value is -2.68. The molecule has 2 aromatic carbocycles. The van der Waals surface area contributed by atoms with Crippen LogP contribution in [0.4, 0.5) is 14.5 Å². The molecule has 9 heteroatoms. The predicted molar refractivity (Wildman–Crippen MR) is 83.4 cm³/mol. The third kappa shape index (κ3) is 2.56. The van der Waals surface area contributed by atoms with E-state index in [0.29, 0.717) is 11.1 Å². The van der Waals surface area contributed by atoms with Crippen molar-refractivity contribution >= 4 is 26.8 Å². The van der Waals surface area contributed by atoms with Crippen molar-refractivity contribution in [2.24, 2.45) is 7.05 Å². The molecule has 1 aromatic heterocycles. The minimum atomic E-state index is -4.29. The van der Waals surface area contributed by atoms with Crippen LogP contribution in [0.25, 0.3) is 11.1 Å². The Kier molecular flexibility index (Phi) is 3.67. The molecule has 0 unspecified atom stereocenters. The molecular formula is C15H12F2N2O4S. The van der Waals surface area contributed by atoms with Crippen molar-refractivity contribution in [3.8, 4) is 0 Å². The lowest BCUT2D eigenvalue weighted by Gasteiger charge is -2.11. The number of para-hydroxylation sites is 1. The Balaban J connectivity index is 2.15. The first-order chi connectivity index (χ1) is 11.2. The van der Waals surface area contributed by atoms with Gasteiger partial charge in [0, 0.05) is 13.1 Å². The van der Waals surface area contributed by atoms with Gasteiger partial charge in [-0.25, -0.2) is 22.0 Å². The van der Waals surface area contributed by atoms with Gasteiger partial charge < -0.3 is 4.42 Å². The molecule has 0 fully saturated rings. The minimum absolute atomic E-state index is 0.0579. The maximum atomic E-state index is 13.7. The van der Waals surface area contributed by atoms with Gasteiger partial charge in [-0.3, -0.25) is 9.29 Å². The minimum Gasteiger partial charge on any atom is -0.408 e. The van der Waals surface area contributed by atoms with Crippen molar-refractivity contribution < 1.29 is 21.6 Å². The number of fused-ring (bicyclic) bond motifs is 1. The molecule has 6 nitrogen and oxygen atoms in total. The van der Waals surface area contributed by atoms with Crippen LogP contribution < -0.4 is 10.5 Å². The second-order valence-corrected chi connectivity index (χ2v) is 6.87. The fourth-order valence-electron chi connectivity index (χ4n) is 2.33. The summed E-state index contributed by atoms with van der Waals surface area (Å²) >= 11 is 0. The maximum absolute atomic E-state index is 13.7. The molecule has 0 aliphatic rings. The van der Waals surface area contributed by atoms with Crippen molar-refractivity contribution in [2.45, 2.75) is 11.8 Å². The Morgan fingerprint density at radius 1 is 1.17 bits per heavy atom. The second kappa shape index (κ2) is 5.45. The first-order valence-electron chi connectivity index (χ1n) is 6.78. The monoisotopic (exact) mass is 354 g/mol. The molecular weight excluding hydrogens is 342 g/mol. The number of hydrogen-bond donors (Lipinski definition) is 1. The lowest BCUT2D eigenvalue weighted by atomic mass is 10.2. The number of benzene rings is 2. The number of aromatic nitrogens is 1. The molecule has 1 N–H and O–H groups in total. The van der Waals surface area contributed by atoms with Gasteiger partial charge in [-0.1, -0.05) is 6.07 Å². The van der Waals surface area contributed by atoms with E-state index in [4.69, 9.17) is 4.42 Å². The second-order valence-electron chi connectivity index (χ2n) is 5.21. The van der Waals surface area contributed by atoms with Gasteiger partial charge in [-0.05, 0) is 30.7 Å².